The first-order valence-electron chi connectivity index (χ1n) is 8.80. The fourth-order valence-corrected chi connectivity index (χ4v) is 3.99. The smallest absolute Gasteiger partial charge is 0.280 e. The van der Waals surface area contributed by atoms with Gasteiger partial charge in [0.15, 0.2) is 10.8 Å². The van der Waals surface area contributed by atoms with Gasteiger partial charge in [0, 0.05) is 12.7 Å². The average molecular weight is 380 g/mol. The Morgan fingerprint density at radius 3 is 2.81 bits per heavy atom. The number of amides is 1. The number of carbonyl (C=O) groups excluding carboxylic acids is 1. The van der Waals surface area contributed by atoms with E-state index in [2.05, 4.69) is 18.1 Å². The summed E-state index contributed by atoms with van der Waals surface area (Å²) < 4.78 is 8.25. The van der Waals surface area contributed by atoms with Crippen molar-refractivity contribution in [1.82, 2.24) is 14.8 Å². The molecule has 1 amide bonds. The summed E-state index contributed by atoms with van der Waals surface area (Å²) in [7, 11) is 1.83. The molecule has 7 heteroatoms. The second-order valence-electron chi connectivity index (χ2n) is 6.38. The molecule has 4 aromatic rings. The molecule has 0 aliphatic rings. The van der Waals surface area contributed by atoms with Crippen LogP contribution >= 0.6 is 11.3 Å². The third-order valence-corrected chi connectivity index (χ3v) is 5.62. The minimum atomic E-state index is -0.188. The fraction of sp³-hybridized carbons (Fsp3) is 0.250. The monoisotopic (exact) mass is 380 g/mol. The molecule has 6 nitrogen and oxygen atoms in total. The van der Waals surface area contributed by atoms with Gasteiger partial charge in [-0.25, -0.2) is 4.98 Å². The molecule has 0 saturated carbocycles. The number of furan rings is 1. The van der Waals surface area contributed by atoms with Gasteiger partial charge in [-0.2, -0.15) is 5.10 Å². The van der Waals surface area contributed by atoms with Crippen LogP contribution in [0.25, 0.3) is 10.2 Å². The Kier molecular flexibility index (Phi) is 4.53. The van der Waals surface area contributed by atoms with Crippen LogP contribution < -0.4 is 4.90 Å². The Bertz CT molecular complexity index is 1080. The summed E-state index contributed by atoms with van der Waals surface area (Å²) in [5.74, 6) is 0.512. The van der Waals surface area contributed by atoms with E-state index in [1.165, 1.54) is 16.9 Å². The second-order valence-corrected chi connectivity index (χ2v) is 7.39. The summed E-state index contributed by atoms with van der Waals surface area (Å²) in [4.78, 5) is 19.7. The number of anilines is 1. The lowest BCUT2D eigenvalue weighted by atomic mass is 10.1. The van der Waals surface area contributed by atoms with Gasteiger partial charge in [0.25, 0.3) is 5.91 Å². The molecule has 0 fully saturated rings. The third kappa shape index (κ3) is 3.26. The van der Waals surface area contributed by atoms with Crippen molar-refractivity contribution in [3.63, 3.8) is 0 Å². The van der Waals surface area contributed by atoms with Crippen molar-refractivity contribution in [2.24, 2.45) is 7.05 Å². The van der Waals surface area contributed by atoms with Gasteiger partial charge in [-0.3, -0.25) is 14.4 Å². The van der Waals surface area contributed by atoms with E-state index in [9.17, 15) is 4.79 Å². The van der Waals surface area contributed by atoms with Gasteiger partial charge in [-0.15, -0.1) is 0 Å². The van der Waals surface area contributed by atoms with Crippen LogP contribution in [0.1, 0.15) is 34.4 Å². The van der Waals surface area contributed by atoms with Gasteiger partial charge in [0.05, 0.1) is 23.0 Å². The normalized spacial score (nSPS) is 11.2. The lowest BCUT2D eigenvalue weighted by Gasteiger charge is -2.17. The molecule has 0 saturated heterocycles. The quantitative estimate of drug-likeness (QED) is 0.517. The van der Waals surface area contributed by atoms with Gasteiger partial charge in [-0.05, 0) is 43.2 Å². The molecule has 138 valence electrons. The highest BCUT2D eigenvalue weighted by Gasteiger charge is 2.25. The Labute approximate surface area is 161 Å². The standard InChI is InChI=1S/C20H20N4O2S/c1-4-14-7-5-9-17-18(14)21-20(27-17)24(12-15-8-6-10-26-15)19(25)16-11-13(2)23(3)22-16/h5-11H,4,12H2,1-3H3. The number of aryl methyl sites for hydroxylation is 3. The van der Waals surface area contributed by atoms with Gasteiger partial charge >= 0.3 is 0 Å². The number of nitrogens with zero attached hydrogens (tertiary/aromatic N) is 4. The summed E-state index contributed by atoms with van der Waals surface area (Å²) in [5.41, 5.74) is 3.45. The van der Waals surface area contributed by atoms with E-state index in [4.69, 9.17) is 9.40 Å². The molecular weight excluding hydrogens is 360 g/mol. The van der Waals surface area contributed by atoms with Crippen LogP contribution in [0, 0.1) is 6.92 Å². The van der Waals surface area contributed by atoms with E-state index in [-0.39, 0.29) is 5.91 Å². The summed E-state index contributed by atoms with van der Waals surface area (Å²) >= 11 is 1.51. The summed E-state index contributed by atoms with van der Waals surface area (Å²) in [6.07, 6.45) is 2.50. The third-order valence-electron chi connectivity index (χ3n) is 4.58. The average Bonchev–Trinajstić information content (AvgIpc) is 3.39. The number of fused-ring (bicyclic) bond motifs is 1. The number of hydrogen-bond donors (Lipinski definition) is 0. The van der Waals surface area contributed by atoms with Crippen LogP contribution in [0.5, 0.6) is 0 Å². The molecule has 4 rings (SSSR count). The van der Waals surface area contributed by atoms with E-state index in [1.54, 1.807) is 21.9 Å². The first-order valence-corrected chi connectivity index (χ1v) is 9.61. The fourth-order valence-electron chi connectivity index (χ4n) is 2.98. The zero-order valence-electron chi connectivity index (χ0n) is 15.5. The van der Waals surface area contributed by atoms with Crippen molar-refractivity contribution in [3.8, 4) is 0 Å². The molecule has 0 bridgehead atoms. The number of carbonyl (C=O) groups is 1. The highest BCUT2D eigenvalue weighted by atomic mass is 32.1. The lowest BCUT2D eigenvalue weighted by molar-refractivity contribution is 0.0977. The second kappa shape index (κ2) is 7.00. The number of aromatic nitrogens is 3. The molecule has 0 N–H and O–H groups in total. The van der Waals surface area contributed by atoms with Crippen molar-refractivity contribution in [2.75, 3.05) is 4.90 Å². The van der Waals surface area contributed by atoms with Crippen molar-refractivity contribution < 1.29 is 9.21 Å². The minimum absolute atomic E-state index is 0.188. The van der Waals surface area contributed by atoms with Crippen LogP contribution in [-0.4, -0.2) is 20.7 Å². The topological polar surface area (TPSA) is 64.2 Å². The van der Waals surface area contributed by atoms with Crippen LogP contribution in [0.2, 0.25) is 0 Å². The SMILES string of the molecule is CCc1cccc2sc(N(Cc3ccco3)C(=O)c3cc(C)n(C)n3)nc12. The van der Waals surface area contributed by atoms with Gasteiger partial charge in [0.1, 0.15) is 5.76 Å². The summed E-state index contributed by atoms with van der Waals surface area (Å²) in [6, 6.07) is 11.6. The molecule has 0 spiro atoms. The number of para-hydroxylation sites is 1. The van der Waals surface area contributed by atoms with Gasteiger partial charge in [-0.1, -0.05) is 30.4 Å². The number of hydrogen-bond acceptors (Lipinski definition) is 5. The van der Waals surface area contributed by atoms with Crippen molar-refractivity contribution in [3.05, 3.63) is 65.4 Å². The largest absolute Gasteiger partial charge is 0.467 e. The maximum Gasteiger partial charge on any atom is 0.280 e. The molecule has 0 aliphatic carbocycles. The highest BCUT2D eigenvalue weighted by Crippen LogP contribution is 2.32. The van der Waals surface area contributed by atoms with Crippen LogP contribution in [0.4, 0.5) is 5.13 Å². The maximum atomic E-state index is 13.2. The van der Waals surface area contributed by atoms with E-state index < -0.39 is 0 Å². The first-order chi connectivity index (χ1) is 13.1. The molecule has 3 heterocycles. The number of thiazole rings is 1. The first kappa shape index (κ1) is 17.5. The van der Waals surface area contributed by atoms with Gasteiger partial charge in [0.2, 0.25) is 0 Å². The zero-order valence-corrected chi connectivity index (χ0v) is 16.3. The van der Waals surface area contributed by atoms with E-state index >= 15 is 0 Å². The molecule has 0 atom stereocenters. The molecule has 1 aromatic carbocycles. The van der Waals surface area contributed by atoms with Crippen molar-refractivity contribution in [1.29, 1.82) is 0 Å². The Hall–Kier alpha value is -2.93. The Morgan fingerprint density at radius 1 is 1.30 bits per heavy atom. The highest BCUT2D eigenvalue weighted by molar-refractivity contribution is 7.22. The number of benzene rings is 1. The maximum absolute atomic E-state index is 13.2. The number of rotatable bonds is 5. The van der Waals surface area contributed by atoms with E-state index in [0.717, 1.165) is 22.3 Å². The molecular formula is C20H20N4O2S. The minimum Gasteiger partial charge on any atom is -0.467 e. The van der Waals surface area contributed by atoms with Crippen LogP contribution in [-0.2, 0) is 20.0 Å². The van der Waals surface area contributed by atoms with Crippen molar-refractivity contribution >= 4 is 32.6 Å². The molecule has 0 unspecified atom stereocenters. The Balaban J connectivity index is 1.79. The van der Waals surface area contributed by atoms with E-state index in [1.807, 2.05) is 38.2 Å². The Morgan fingerprint density at radius 2 is 2.15 bits per heavy atom. The lowest BCUT2D eigenvalue weighted by Crippen LogP contribution is -2.30. The zero-order chi connectivity index (χ0) is 19.0. The molecule has 0 radical (unpaired) electrons. The van der Waals surface area contributed by atoms with Gasteiger partial charge < -0.3 is 4.42 Å². The predicted molar refractivity (Wildman–Crippen MR) is 106 cm³/mol. The van der Waals surface area contributed by atoms with Crippen LogP contribution in [0.15, 0.2) is 47.1 Å². The summed E-state index contributed by atoms with van der Waals surface area (Å²) in [6.45, 7) is 4.34. The van der Waals surface area contributed by atoms with Crippen LogP contribution in [0.3, 0.4) is 0 Å². The van der Waals surface area contributed by atoms with E-state index in [0.29, 0.717) is 23.1 Å². The summed E-state index contributed by atoms with van der Waals surface area (Å²) in [5, 5.41) is 4.99. The molecule has 27 heavy (non-hydrogen) atoms. The predicted octanol–water partition coefficient (Wildman–Crippen LogP) is 4.34. The van der Waals surface area contributed by atoms with Crippen molar-refractivity contribution in [2.45, 2.75) is 26.8 Å². The molecule has 3 aromatic heterocycles. The molecule has 0 aliphatic heterocycles.